The summed E-state index contributed by atoms with van der Waals surface area (Å²) in [5.74, 6) is 1.75. The second-order valence-corrected chi connectivity index (χ2v) is 7.86. The smallest absolute Gasteiger partial charge is 0.191 e. The quantitative estimate of drug-likeness (QED) is 0.285. The number of phenolic OH excluding ortho intramolecular Hbond substituents is 1. The first-order chi connectivity index (χ1) is 14.6. The summed E-state index contributed by atoms with van der Waals surface area (Å²) in [5, 5.41) is 17.0. The van der Waals surface area contributed by atoms with E-state index in [0.29, 0.717) is 24.8 Å². The zero-order chi connectivity index (χ0) is 21.3. The predicted octanol–water partition coefficient (Wildman–Crippen LogP) is 3.70. The molecule has 0 aromatic heterocycles. The van der Waals surface area contributed by atoms with Gasteiger partial charge in [0.1, 0.15) is 11.5 Å². The molecular weight excluding hydrogens is 503 g/mol. The van der Waals surface area contributed by atoms with Crippen LogP contribution in [0.3, 0.4) is 0 Å². The number of likely N-dealkylation sites (tertiary alicyclic amines) is 1. The number of nitrogens with zero attached hydrogens (tertiary/aromatic N) is 2. The van der Waals surface area contributed by atoms with Crippen LogP contribution in [0, 0.1) is 6.92 Å². The molecule has 1 aliphatic heterocycles. The minimum Gasteiger partial charge on any atom is -0.508 e. The van der Waals surface area contributed by atoms with Crippen LogP contribution in [0.15, 0.2) is 47.5 Å². The lowest BCUT2D eigenvalue weighted by Crippen LogP contribution is -2.48. The first-order valence-electron chi connectivity index (χ1n) is 10.7. The van der Waals surface area contributed by atoms with Crippen LogP contribution in [-0.2, 0) is 13.0 Å². The first kappa shape index (κ1) is 25.3. The van der Waals surface area contributed by atoms with Crippen LogP contribution in [0.25, 0.3) is 0 Å². The molecule has 1 aliphatic rings. The lowest BCUT2D eigenvalue weighted by Gasteiger charge is -2.33. The molecule has 0 bridgehead atoms. The summed E-state index contributed by atoms with van der Waals surface area (Å²) in [5.41, 5.74) is 3.68. The predicted molar refractivity (Wildman–Crippen MR) is 138 cm³/mol. The monoisotopic (exact) mass is 538 g/mol. The molecule has 1 heterocycles. The number of phenols is 1. The van der Waals surface area contributed by atoms with E-state index in [1.165, 1.54) is 11.1 Å². The lowest BCUT2D eigenvalue weighted by molar-refractivity contribution is 0.198. The molecule has 0 atom stereocenters. The van der Waals surface area contributed by atoms with Crippen LogP contribution >= 0.6 is 24.0 Å². The first-order valence-corrected chi connectivity index (χ1v) is 10.7. The van der Waals surface area contributed by atoms with E-state index >= 15 is 0 Å². The van der Waals surface area contributed by atoms with Gasteiger partial charge in [-0.3, -0.25) is 9.89 Å². The molecule has 0 amide bonds. The highest BCUT2D eigenvalue weighted by atomic mass is 127. The number of nitrogens with one attached hydrogen (secondary N) is 2. The van der Waals surface area contributed by atoms with Gasteiger partial charge in [0, 0.05) is 45.3 Å². The van der Waals surface area contributed by atoms with Crippen molar-refractivity contribution in [1.29, 1.82) is 0 Å². The maximum Gasteiger partial charge on any atom is 0.191 e. The second kappa shape index (κ2) is 12.8. The molecule has 170 valence electrons. The van der Waals surface area contributed by atoms with Gasteiger partial charge in [-0.2, -0.15) is 0 Å². The summed E-state index contributed by atoms with van der Waals surface area (Å²) < 4.78 is 5.13. The fourth-order valence-electron chi connectivity index (χ4n) is 3.85. The fourth-order valence-corrected chi connectivity index (χ4v) is 3.85. The van der Waals surface area contributed by atoms with E-state index in [0.717, 1.165) is 44.0 Å². The van der Waals surface area contributed by atoms with Gasteiger partial charge in [0.25, 0.3) is 0 Å². The van der Waals surface area contributed by atoms with E-state index in [-0.39, 0.29) is 29.7 Å². The number of halogens is 1. The van der Waals surface area contributed by atoms with Crippen molar-refractivity contribution in [2.24, 2.45) is 4.99 Å². The topological polar surface area (TPSA) is 69.1 Å². The molecule has 2 aromatic rings. The summed E-state index contributed by atoms with van der Waals surface area (Å²) in [6.07, 6.45) is 2.92. The van der Waals surface area contributed by atoms with Crippen LogP contribution in [0.5, 0.6) is 11.5 Å². The highest BCUT2D eigenvalue weighted by molar-refractivity contribution is 14.0. The van der Waals surface area contributed by atoms with Gasteiger partial charge < -0.3 is 20.5 Å². The molecule has 31 heavy (non-hydrogen) atoms. The third kappa shape index (κ3) is 7.57. The SMILES string of the molecule is CN=C(NCCc1ccc(OC)cc1O)NC1CCN(Cc2ccccc2C)CC1.I. The zero-order valence-electron chi connectivity index (χ0n) is 18.7. The number of aryl methyl sites for hydroxylation is 1. The Balaban J connectivity index is 0.00000341. The Morgan fingerprint density at radius 2 is 1.90 bits per heavy atom. The van der Waals surface area contributed by atoms with Crippen LogP contribution in [0.4, 0.5) is 0 Å². The van der Waals surface area contributed by atoms with E-state index < -0.39 is 0 Å². The van der Waals surface area contributed by atoms with Gasteiger partial charge >= 0.3 is 0 Å². The minimum atomic E-state index is 0. The molecule has 6 nitrogen and oxygen atoms in total. The maximum atomic E-state index is 10.1. The minimum absolute atomic E-state index is 0. The highest BCUT2D eigenvalue weighted by Gasteiger charge is 2.20. The van der Waals surface area contributed by atoms with Crippen molar-refractivity contribution in [3.05, 3.63) is 59.2 Å². The molecule has 1 saturated heterocycles. The standard InChI is InChI=1S/C24H34N4O2.HI/c1-18-6-4-5-7-20(18)17-28-14-11-21(12-15-28)27-24(25-2)26-13-10-19-8-9-22(30-3)16-23(19)29;/h4-9,16,21,29H,10-15,17H2,1-3H3,(H2,25,26,27);1H. The Hall–Kier alpha value is -2.00. The van der Waals surface area contributed by atoms with Crippen molar-refractivity contribution in [3.8, 4) is 11.5 Å². The molecule has 0 saturated carbocycles. The summed E-state index contributed by atoms with van der Waals surface area (Å²) in [4.78, 5) is 6.89. The Bertz CT molecular complexity index is 851. The number of methoxy groups -OCH3 is 1. The summed E-state index contributed by atoms with van der Waals surface area (Å²) in [7, 11) is 3.40. The number of guanidine groups is 1. The summed E-state index contributed by atoms with van der Waals surface area (Å²) >= 11 is 0. The zero-order valence-corrected chi connectivity index (χ0v) is 21.1. The molecule has 0 spiro atoms. The maximum absolute atomic E-state index is 10.1. The van der Waals surface area contributed by atoms with Gasteiger partial charge in [0.15, 0.2) is 5.96 Å². The molecule has 7 heteroatoms. The molecule has 0 aliphatic carbocycles. The van der Waals surface area contributed by atoms with Crippen molar-refractivity contribution in [1.82, 2.24) is 15.5 Å². The van der Waals surface area contributed by atoms with Crippen molar-refractivity contribution in [2.75, 3.05) is 33.8 Å². The third-order valence-electron chi connectivity index (χ3n) is 5.79. The van der Waals surface area contributed by atoms with Crippen LogP contribution in [0.1, 0.15) is 29.5 Å². The number of piperidine rings is 1. The average Bonchev–Trinajstić information content (AvgIpc) is 2.76. The van der Waals surface area contributed by atoms with Crippen LogP contribution in [0.2, 0.25) is 0 Å². The number of hydrogen-bond acceptors (Lipinski definition) is 4. The van der Waals surface area contributed by atoms with E-state index in [9.17, 15) is 5.11 Å². The normalized spacial score (nSPS) is 15.3. The largest absolute Gasteiger partial charge is 0.508 e. The molecule has 3 rings (SSSR count). The molecule has 2 aromatic carbocycles. The lowest BCUT2D eigenvalue weighted by atomic mass is 10.0. The number of aliphatic imine (C=N–C) groups is 1. The van der Waals surface area contributed by atoms with Gasteiger partial charge in [0.05, 0.1) is 7.11 Å². The third-order valence-corrected chi connectivity index (χ3v) is 5.79. The number of aromatic hydroxyl groups is 1. The van der Waals surface area contributed by atoms with E-state index in [2.05, 4.69) is 51.7 Å². The Kier molecular flexibility index (Phi) is 10.4. The van der Waals surface area contributed by atoms with E-state index in [4.69, 9.17) is 4.74 Å². The molecular formula is C24H35IN4O2. The average molecular weight is 538 g/mol. The van der Waals surface area contributed by atoms with E-state index in [1.54, 1.807) is 20.2 Å². The van der Waals surface area contributed by atoms with Crippen LogP contribution in [-0.4, -0.2) is 55.8 Å². The van der Waals surface area contributed by atoms with Crippen molar-refractivity contribution in [3.63, 3.8) is 0 Å². The van der Waals surface area contributed by atoms with Crippen molar-refractivity contribution in [2.45, 2.75) is 38.8 Å². The number of benzene rings is 2. The molecule has 0 radical (unpaired) electrons. The Morgan fingerprint density at radius 3 is 2.55 bits per heavy atom. The highest BCUT2D eigenvalue weighted by Crippen LogP contribution is 2.23. The summed E-state index contributed by atoms with van der Waals surface area (Å²) in [6.45, 7) is 6.08. The number of rotatable bonds is 7. The van der Waals surface area contributed by atoms with Crippen LogP contribution < -0.4 is 15.4 Å². The Morgan fingerprint density at radius 1 is 1.16 bits per heavy atom. The van der Waals surface area contributed by atoms with Crippen molar-refractivity contribution >= 4 is 29.9 Å². The van der Waals surface area contributed by atoms with Gasteiger partial charge in [-0.05, 0) is 48.9 Å². The molecule has 1 fully saturated rings. The second-order valence-electron chi connectivity index (χ2n) is 7.86. The van der Waals surface area contributed by atoms with E-state index in [1.807, 2.05) is 12.1 Å². The Labute approximate surface area is 203 Å². The molecule has 0 unspecified atom stereocenters. The van der Waals surface area contributed by atoms with Gasteiger partial charge in [-0.25, -0.2) is 0 Å². The fraction of sp³-hybridized carbons (Fsp3) is 0.458. The summed E-state index contributed by atoms with van der Waals surface area (Å²) in [6, 6.07) is 14.5. The molecule has 3 N–H and O–H groups in total. The van der Waals surface area contributed by atoms with Gasteiger partial charge in [0.2, 0.25) is 0 Å². The number of ether oxygens (including phenoxy) is 1. The van der Waals surface area contributed by atoms with Crippen molar-refractivity contribution < 1.29 is 9.84 Å². The number of hydrogen-bond donors (Lipinski definition) is 3. The van der Waals surface area contributed by atoms with Gasteiger partial charge in [-0.15, -0.1) is 24.0 Å². The van der Waals surface area contributed by atoms with Gasteiger partial charge in [-0.1, -0.05) is 30.3 Å².